The molecule has 1 N–H and O–H groups in total. The van der Waals surface area contributed by atoms with Gasteiger partial charge < -0.3 is 19.4 Å². The van der Waals surface area contributed by atoms with E-state index >= 15 is 0 Å². The Bertz CT molecular complexity index is 1200. The maximum absolute atomic E-state index is 14.8. The molecule has 1 atom stereocenters. The summed E-state index contributed by atoms with van der Waals surface area (Å²) in [5, 5.41) is 2.47. The monoisotopic (exact) mass is 438 g/mol. The zero-order chi connectivity index (χ0) is 23.0. The summed E-state index contributed by atoms with van der Waals surface area (Å²) in [6.07, 6.45) is 2.27. The zero-order valence-corrected chi connectivity index (χ0v) is 18.7. The van der Waals surface area contributed by atoms with Crippen molar-refractivity contribution in [1.82, 2.24) is 19.6 Å². The van der Waals surface area contributed by atoms with Gasteiger partial charge in [-0.25, -0.2) is 9.37 Å². The van der Waals surface area contributed by atoms with Gasteiger partial charge in [0.15, 0.2) is 0 Å². The fourth-order valence-electron chi connectivity index (χ4n) is 4.20. The minimum atomic E-state index is -0.596. The van der Waals surface area contributed by atoms with Crippen LogP contribution in [-0.2, 0) is 16.0 Å². The van der Waals surface area contributed by atoms with Crippen LogP contribution in [-0.4, -0.2) is 58.9 Å². The Morgan fingerprint density at radius 1 is 1.28 bits per heavy atom. The molecule has 0 unspecified atom stereocenters. The number of carbonyl (C=O) groups is 2. The molecule has 2 aromatic heterocycles. The Balaban J connectivity index is 1.81. The first-order valence-electron chi connectivity index (χ1n) is 10.7. The predicted octanol–water partition coefficient (Wildman–Crippen LogP) is 2.91. The van der Waals surface area contributed by atoms with Crippen molar-refractivity contribution in [2.45, 2.75) is 33.3 Å². The van der Waals surface area contributed by atoms with E-state index in [1.54, 1.807) is 17.9 Å². The third-order valence-electron chi connectivity index (χ3n) is 5.93. The van der Waals surface area contributed by atoms with E-state index in [9.17, 15) is 14.0 Å². The zero-order valence-electron chi connectivity index (χ0n) is 18.7. The summed E-state index contributed by atoms with van der Waals surface area (Å²) < 4.78 is 22.8. The van der Waals surface area contributed by atoms with Gasteiger partial charge in [-0.3, -0.25) is 9.59 Å². The maximum Gasteiger partial charge on any atom is 0.254 e. The van der Waals surface area contributed by atoms with E-state index in [-0.39, 0.29) is 17.6 Å². The Kier molecular flexibility index (Phi) is 5.97. The number of benzene rings is 1. The molecule has 1 aliphatic heterocycles. The average molecular weight is 439 g/mol. The topological polar surface area (TPSA) is 75.9 Å². The van der Waals surface area contributed by atoms with E-state index in [0.29, 0.717) is 37.4 Å². The van der Waals surface area contributed by atoms with Gasteiger partial charge >= 0.3 is 0 Å². The van der Waals surface area contributed by atoms with Crippen LogP contribution < -0.4 is 5.32 Å². The third-order valence-corrected chi connectivity index (χ3v) is 5.93. The molecule has 3 aromatic rings. The van der Waals surface area contributed by atoms with Crippen molar-refractivity contribution in [3.63, 3.8) is 0 Å². The Labute approximate surface area is 186 Å². The molecule has 1 fully saturated rings. The van der Waals surface area contributed by atoms with Gasteiger partial charge in [-0.05, 0) is 49.2 Å². The quantitative estimate of drug-likeness (QED) is 0.680. The van der Waals surface area contributed by atoms with Gasteiger partial charge in [0, 0.05) is 45.2 Å². The molecule has 4 rings (SSSR count). The highest BCUT2D eigenvalue weighted by Gasteiger charge is 2.26. The molecule has 2 amide bonds. The number of hydrogen-bond donors (Lipinski definition) is 1. The van der Waals surface area contributed by atoms with Gasteiger partial charge in [0.2, 0.25) is 5.91 Å². The molecule has 8 heteroatoms. The van der Waals surface area contributed by atoms with Crippen molar-refractivity contribution in [1.29, 1.82) is 0 Å². The third kappa shape index (κ3) is 4.10. The van der Waals surface area contributed by atoms with Crippen molar-refractivity contribution < 1.29 is 18.7 Å². The largest absolute Gasteiger partial charge is 0.374 e. The van der Waals surface area contributed by atoms with E-state index in [2.05, 4.69) is 5.32 Å². The number of nitrogens with zero attached hydrogens (tertiary/aromatic N) is 3. The standard InChI is InChI=1S/C24H27FN4O3/c1-14-5-6-29-21(11-17-13-28(16(3)30)7-8-32-17)23(27-22(29)9-14)18-12-20(25)19(10-15(18)2)24(31)26-4/h5-6,9-10,12,17H,7-8,11,13H2,1-4H3,(H,26,31)/t17-/m0/s1. The van der Waals surface area contributed by atoms with Gasteiger partial charge in [0.25, 0.3) is 5.91 Å². The van der Waals surface area contributed by atoms with Gasteiger partial charge in [-0.15, -0.1) is 0 Å². The fraction of sp³-hybridized carbons (Fsp3) is 0.375. The summed E-state index contributed by atoms with van der Waals surface area (Å²) in [5.41, 5.74) is 4.74. The maximum atomic E-state index is 14.8. The number of morpholine rings is 1. The molecule has 1 aromatic carbocycles. The smallest absolute Gasteiger partial charge is 0.254 e. The first-order valence-corrected chi connectivity index (χ1v) is 10.7. The summed E-state index contributed by atoms with van der Waals surface area (Å²) in [4.78, 5) is 30.5. The number of rotatable bonds is 4. The SMILES string of the molecule is CNC(=O)c1cc(C)c(-c2nc3cc(C)ccn3c2C[C@H]2CN(C(C)=O)CCO2)cc1F. The number of ether oxygens (including phenoxy) is 1. The molecule has 0 spiro atoms. The summed E-state index contributed by atoms with van der Waals surface area (Å²) >= 11 is 0. The van der Waals surface area contributed by atoms with Crippen LogP contribution >= 0.6 is 0 Å². The van der Waals surface area contributed by atoms with Crippen LogP contribution in [0.5, 0.6) is 0 Å². The number of pyridine rings is 1. The number of nitrogens with one attached hydrogen (secondary N) is 1. The normalized spacial score (nSPS) is 16.4. The fourth-order valence-corrected chi connectivity index (χ4v) is 4.20. The van der Waals surface area contributed by atoms with E-state index in [4.69, 9.17) is 9.72 Å². The molecule has 0 aliphatic carbocycles. The molecule has 32 heavy (non-hydrogen) atoms. The Hall–Kier alpha value is -3.26. The van der Waals surface area contributed by atoms with Crippen molar-refractivity contribution in [2.75, 3.05) is 26.7 Å². The average Bonchev–Trinajstić information content (AvgIpc) is 3.11. The van der Waals surface area contributed by atoms with Crippen molar-refractivity contribution in [2.24, 2.45) is 0 Å². The molecule has 0 radical (unpaired) electrons. The van der Waals surface area contributed by atoms with Gasteiger partial charge in [-0.1, -0.05) is 0 Å². The Morgan fingerprint density at radius 2 is 2.06 bits per heavy atom. The van der Waals surface area contributed by atoms with E-state index < -0.39 is 11.7 Å². The van der Waals surface area contributed by atoms with E-state index in [0.717, 1.165) is 22.5 Å². The minimum Gasteiger partial charge on any atom is -0.374 e. The molecule has 3 heterocycles. The highest BCUT2D eigenvalue weighted by Crippen LogP contribution is 2.31. The number of aromatic nitrogens is 2. The lowest BCUT2D eigenvalue weighted by Gasteiger charge is -2.32. The van der Waals surface area contributed by atoms with Crippen molar-refractivity contribution in [3.8, 4) is 11.3 Å². The lowest BCUT2D eigenvalue weighted by molar-refractivity contribution is -0.136. The molecular weight excluding hydrogens is 411 g/mol. The van der Waals surface area contributed by atoms with Crippen LogP contribution in [0.1, 0.15) is 34.1 Å². The molecular formula is C24H27FN4O3. The lowest BCUT2D eigenvalue weighted by Crippen LogP contribution is -2.45. The molecule has 1 aliphatic rings. The van der Waals surface area contributed by atoms with Gasteiger partial charge in [-0.2, -0.15) is 0 Å². The van der Waals surface area contributed by atoms with Crippen LogP contribution in [0.4, 0.5) is 4.39 Å². The predicted molar refractivity (Wildman–Crippen MR) is 119 cm³/mol. The second kappa shape index (κ2) is 8.70. The van der Waals surface area contributed by atoms with Crippen molar-refractivity contribution >= 4 is 17.5 Å². The van der Waals surface area contributed by atoms with Crippen LogP contribution in [0, 0.1) is 19.7 Å². The van der Waals surface area contributed by atoms with Crippen LogP contribution in [0.25, 0.3) is 16.9 Å². The summed E-state index contributed by atoms with van der Waals surface area (Å²) in [5.74, 6) is -1.04. The second-order valence-corrected chi connectivity index (χ2v) is 8.23. The van der Waals surface area contributed by atoms with Crippen LogP contribution in [0.3, 0.4) is 0 Å². The second-order valence-electron chi connectivity index (χ2n) is 8.23. The lowest BCUT2D eigenvalue weighted by atomic mass is 9.98. The first-order chi connectivity index (χ1) is 15.3. The number of halogens is 1. The van der Waals surface area contributed by atoms with Gasteiger partial charge in [0.05, 0.1) is 29.7 Å². The van der Waals surface area contributed by atoms with Crippen LogP contribution in [0.2, 0.25) is 0 Å². The van der Waals surface area contributed by atoms with Gasteiger partial charge in [0.1, 0.15) is 11.5 Å². The molecule has 7 nitrogen and oxygen atoms in total. The number of hydrogen-bond acceptors (Lipinski definition) is 4. The summed E-state index contributed by atoms with van der Waals surface area (Å²) in [7, 11) is 1.47. The number of imidazole rings is 1. The summed E-state index contributed by atoms with van der Waals surface area (Å²) in [6, 6.07) is 6.90. The highest BCUT2D eigenvalue weighted by atomic mass is 19.1. The Morgan fingerprint density at radius 3 is 2.78 bits per heavy atom. The van der Waals surface area contributed by atoms with Crippen molar-refractivity contribution in [3.05, 3.63) is 58.7 Å². The molecule has 0 bridgehead atoms. The number of aryl methyl sites for hydroxylation is 2. The van der Waals surface area contributed by atoms with E-state index in [1.807, 2.05) is 36.6 Å². The number of amides is 2. The molecule has 1 saturated heterocycles. The molecule has 0 saturated carbocycles. The highest BCUT2D eigenvalue weighted by molar-refractivity contribution is 5.95. The van der Waals surface area contributed by atoms with Crippen LogP contribution in [0.15, 0.2) is 30.5 Å². The first kappa shape index (κ1) is 22.0. The molecule has 168 valence electrons. The summed E-state index contributed by atoms with van der Waals surface area (Å²) in [6.45, 7) is 6.95. The number of carbonyl (C=O) groups excluding carboxylic acids is 2. The number of fused-ring (bicyclic) bond motifs is 1. The minimum absolute atomic E-state index is 0.00243. The van der Waals surface area contributed by atoms with E-state index in [1.165, 1.54) is 13.1 Å².